The van der Waals surface area contributed by atoms with Crippen molar-refractivity contribution in [3.63, 3.8) is 0 Å². The maximum atomic E-state index is 12.5. The standard InChI is InChI=1S/C19H20N2O5.C2H7N.ClH/c1-20(2)11-14-10-16-15(8-9-17(21(23)24)18(16)26-14)19(22)25-12-13-6-4-3-5-7-13;1-3-2;/h3-9,14H,10-12H2,1-2H3;3H,1-2H3;1H. The van der Waals surface area contributed by atoms with Crippen molar-refractivity contribution in [2.45, 2.75) is 19.1 Å². The summed E-state index contributed by atoms with van der Waals surface area (Å²) in [5.41, 5.74) is 1.62. The molecule has 3 rings (SSSR count). The topological polar surface area (TPSA) is 93.9 Å². The third-order valence-corrected chi connectivity index (χ3v) is 4.15. The summed E-state index contributed by atoms with van der Waals surface area (Å²) in [6, 6.07) is 12.1. The summed E-state index contributed by atoms with van der Waals surface area (Å²) in [5, 5.41) is 14.0. The Morgan fingerprint density at radius 3 is 2.43 bits per heavy atom. The van der Waals surface area contributed by atoms with Crippen LogP contribution >= 0.6 is 12.4 Å². The number of carbonyl (C=O) groups excluding carboxylic acids is 1. The Balaban J connectivity index is 0.00000106. The summed E-state index contributed by atoms with van der Waals surface area (Å²) < 4.78 is 11.2. The van der Waals surface area contributed by atoms with Crippen molar-refractivity contribution in [3.05, 3.63) is 69.3 Å². The van der Waals surface area contributed by atoms with E-state index in [9.17, 15) is 14.9 Å². The summed E-state index contributed by atoms with van der Waals surface area (Å²) in [6.45, 7) is 0.748. The summed E-state index contributed by atoms with van der Waals surface area (Å²) >= 11 is 0. The van der Waals surface area contributed by atoms with Crippen LogP contribution in [0.5, 0.6) is 5.75 Å². The van der Waals surface area contributed by atoms with Crippen molar-refractivity contribution in [2.75, 3.05) is 34.7 Å². The molecule has 1 N–H and O–H groups in total. The first-order chi connectivity index (χ1) is 13.9. The number of fused-ring (bicyclic) bond motifs is 1. The van der Waals surface area contributed by atoms with Gasteiger partial charge in [0.15, 0.2) is 0 Å². The van der Waals surface area contributed by atoms with Gasteiger partial charge in [0.2, 0.25) is 5.75 Å². The predicted octanol–water partition coefficient (Wildman–Crippen LogP) is 3.07. The molecule has 1 aliphatic rings. The first kappa shape index (κ1) is 25.4. The normalized spacial score (nSPS) is 14.0. The van der Waals surface area contributed by atoms with E-state index in [0.29, 0.717) is 24.1 Å². The number of likely N-dealkylation sites (N-methyl/N-ethyl adjacent to an activating group) is 1. The number of benzene rings is 2. The Labute approximate surface area is 182 Å². The van der Waals surface area contributed by atoms with E-state index < -0.39 is 10.9 Å². The lowest BCUT2D eigenvalue weighted by atomic mass is 10.0. The smallest absolute Gasteiger partial charge is 0.338 e. The molecule has 0 spiro atoms. The Morgan fingerprint density at radius 1 is 1.23 bits per heavy atom. The largest absolute Gasteiger partial charge is 0.482 e. The van der Waals surface area contributed by atoms with E-state index >= 15 is 0 Å². The number of halogens is 1. The van der Waals surface area contributed by atoms with E-state index in [-0.39, 0.29) is 36.6 Å². The van der Waals surface area contributed by atoms with E-state index in [0.717, 1.165) is 5.56 Å². The van der Waals surface area contributed by atoms with E-state index in [1.54, 1.807) is 0 Å². The predicted molar refractivity (Wildman–Crippen MR) is 118 cm³/mol. The van der Waals surface area contributed by atoms with Gasteiger partial charge in [-0.05, 0) is 39.8 Å². The highest BCUT2D eigenvalue weighted by Crippen LogP contribution is 2.40. The molecule has 0 aliphatic carbocycles. The summed E-state index contributed by atoms with van der Waals surface area (Å²) in [4.78, 5) is 25.3. The van der Waals surface area contributed by atoms with E-state index in [2.05, 4.69) is 5.32 Å². The monoisotopic (exact) mass is 437 g/mol. The lowest BCUT2D eigenvalue weighted by Crippen LogP contribution is -2.29. The maximum absolute atomic E-state index is 12.5. The van der Waals surface area contributed by atoms with Gasteiger partial charge in [0.05, 0.1) is 10.5 Å². The highest BCUT2D eigenvalue weighted by Gasteiger charge is 2.34. The molecule has 0 saturated carbocycles. The molecule has 2 aromatic rings. The zero-order valence-corrected chi connectivity index (χ0v) is 18.4. The second-order valence-electron chi connectivity index (χ2n) is 6.96. The molecule has 2 aromatic carbocycles. The van der Waals surface area contributed by atoms with Gasteiger partial charge >= 0.3 is 11.7 Å². The molecule has 30 heavy (non-hydrogen) atoms. The van der Waals surface area contributed by atoms with E-state index in [1.807, 2.05) is 63.4 Å². The molecule has 0 saturated heterocycles. The van der Waals surface area contributed by atoms with Gasteiger partial charge in [-0.15, -0.1) is 12.4 Å². The fourth-order valence-corrected chi connectivity index (χ4v) is 3.03. The van der Waals surface area contributed by atoms with Gasteiger partial charge in [0.1, 0.15) is 12.7 Å². The number of nitro groups is 1. The van der Waals surface area contributed by atoms with Crippen molar-refractivity contribution >= 4 is 24.1 Å². The van der Waals surface area contributed by atoms with Crippen molar-refractivity contribution in [1.82, 2.24) is 10.2 Å². The fraction of sp³-hybridized carbons (Fsp3) is 0.381. The van der Waals surface area contributed by atoms with Crippen LogP contribution in [0.1, 0.15) is 21.5 Å². The van der Waals surface area contributed by atoms with Gasteiger partial charge < -0.3 is 19.7 Å². The van der Waals surface area contributed by atoms with Gasteiger partial charge in [0, 0.05) is 24.6 Å². The second kappa shape index (κ2) is 12.1. The van der Waals surface area contributed by atoms with E-state index in [1.165, 1.54) is 12.1 Å². The second-order valence-corrected chi connectivity index (χ2v) is 6.96. The molecule has 164 valence electrons. The number of ether oxygens (including phenoxy) is 2. The zero-order valence-electron chi connectivity index (χ0n) is 17.6. The molecule has 1 atom stereocenters. The van der Waals surface area contributed by atoms with Gasteiger partial charge in [0.25, 0.3) is 0 Å². The molecule has 1 aliphatic heterocycles. The number of hydrogen-bond acceptors (Lipinski definition) is 7. The minimum atomic E-state index is -0.505. The van der Waals surface area contributed by atoms with Crippen molar-refractivity contribution in [3.8, 4) is 5.75 Å². The van der Waals surface area contributed by atoms with Gasteiger partial charge in [-0.3, -0.25) is 10.1 Å². The van der Waals surface area contributed by atoms with E-state index in [4.69, 9.17) is 9.47 Å². The van der Waals surface area contributed by atoms with Gasteiger partial charge in [-0.25, -0.2) is 4.79 Å². The average molecular weight is 438 g/mol. The molecule has 0 bridgehead atoms. The summed E-state index contributed by atoms with van der Waals surface area (Å²) in [5.74, 6) is -0.329. The fourth-order valence-electron chi connectivity index (χ4n) is 3.03. The molecular weight excluding hydrogens is 410 g/mol. The van der Waals surface area contributed by atoms with Crippen molar-refractivity contribution in [1.29, 1.82) is 0 Å². The van der Waals surface area contributed by atoms with Crippen LogP contribution in [0.3, 0.4) is 0 Å². The minimum absolute atomic E-state index is 0. The zero-order chi connectivity index (χ0) is 21.4. The molecule has 1 heterocycles. The van der Waals surface area contributed by atoms with Gasteiger partial charge in [-0.2, -0.15) is 0 Å². The van der Waals surface area contributed by atoms with Crippen LogP contribution in [0.4, 0.5) is 5.69 Å². The molecule has 1 unspecified atom stereocenters. The Kier molecular flexibility index (Phi) is 10.2. The van der Waals surface area contributed by atoms with Crippen LogP contribution in [0.25, 0.3) is 0 Å². The molecular formula is C21H28ClN3O5. The number of nitrogens with one attached hydrogen (secondary N) is 1. The maximum Gasteiger partial charge on any atom is 0.338 e. The molecule has 0 fully saturated rings. The molecule has 0 amide bonds. The third-order valence-electron chi connectivity index (χ3n) is 4.15. The number of hydrogen-bond donors (Lipinski definition) is 1. The van der Waals surface area contributed by atoms with Crippen LogP contribution in [0.2, 0.25) is 0 Å². The molecule has 8 nitrogen and oxygen atoms in total. The number of nitrogens with zero attached hydrogens (tertiary/aromatic N) is 2. The number of rotatable bonds is 6. The lowest BCUT2D eigenvalue weighted by Gasteiger charge is -2.15. The van der Waals surface area contributed by atoms with Crippen LogP contribution in [-0.4, -0.2) is 56.6 Å². The Hall–Kier alpha value is -2.68. The highest BCUT2D eigenvalue weighted by atomic mass is 35.5. The first-order valence-electron chi connectivity index (χ1n) is 9.28. The SMILES string of the molecule is CN(C)CC1Cc2c(C(=O)OCc3ccccc3)ccc([N+](=O)[O-])c2O1.CNC.Cl. The van der Waals surface area contributed by atoms with Crippen LogP contribution in [-0.2, 0) is 17.8 Å². The Morgan fingerprint density at radius 2 is 1.87 bits per heavy atom. The summed E-state index contributed by atoms with van der Waals surface area (Å²) in [7, 11) is 7.55. The van der Waals surface area contributed by atoms with Crippen molar-refractivity contribution in [2.24, 2.45) is 0 Å². The van der Waals surface area contributed by atoms with Crippen LogP contribution in [0, 0.1) is 10.1 Å². The molecule has 0 radical (unpaired) electrons. The lowest BCUT2D eigenvalue weighted by molar-refractivity contribution is -0.385. The summed E-state index contributed by atoms with van der Waals surface area (Å²) in [6.07, 6.45) is 0.201. The van der Waals surface area contributed by atoms with Gasteiger partial charge in [-0.1, -0.05) is 30.3 Å². The number of esters is 1. The van der Waals surface area contributed by atoms with Crippen molar-refractivity contribution < 1.29 is 19.2 Å². The number of carbonyl (C=O) groups is 1. The molecule has 9 heteroatoms. The third kappa shape index (κ3) is 6.69. The molecule has 0 aromatic heterocycles. The van der Waals surface area contributed by atoms with Crippen LogP contribution in [0.15, 0.2) is 42.5 Å². The average Bonchev–Trinajstić information content (AvgIpc) is 3.09. The minimum Gasteiger partial charge on any atom is -0.482 e. The van der Waals surface area contributed by atoms with Crippen LogP contribution < -0.4 is 10.1 Å². The number of nitro benzene ring substituents is 1. The quantitative estimate of drug-likeness (QED) is 0.421. The highest BCUT2D eigenvalue weighted by molar-refractivity contribution is 5.93. The Bertz CT molecular complexity index is 846. The first-order valence-corrected chi connectivity index (χ1v) is 9.28.